The summed E-state index contributed by atoms with van der Waals surface area (Å²) >= 11 is 1.75. The molecule has 2 fully saturated rings. The molecular weight excluding hydrogens is 411 g/mol. The van der Waals surface area contributed by atoms with Crippen LogP contribution in [0.3, 0.4) is 0 Å². The molecule has 124 valence electrons. The molecule has 2 aliphatic heterocycles. The third-order valence-corrected chi connectivity index (χ3v) is 5.01. The Bertz CT molecular complexity index is 507. The average Bonchev–Trinajstić information content (AvgIpc) is 3.16. The Balaban J connectivity index is 0.00000176. The van der Waals surface area contributed by atoms with Crippen molar-refractivity contribution in [2.45, 2.75) is 57.8 Å². The first kappa shape index (κ1) is 17.9. The number of ether oxygens (including phenoxy) is 1. The highest BCUT2D eigenvalue weighted by atomic mass is 127. The minimum absolute atomic E-state index is 0. The lowest BCUT2D eigenvalue weighted by Crippen LogP contribution is -2.47. The van der Waals surface area contributed by atoms with E-state index >= 15 is 0 Å². The van der Waals surface area contributed by atoms with E-state index in [1.807, 2.05) is 6.20 Å². The molecule has 0 radical (unpaired) electrons. The van der Waals surface area contributed by atoms with Gasteiger partial charge in [-0.3, -0.25) is 4.99 Å². The van der Waals surface area contributed by atoms with E-state index in [4.69, 9.17) is 4.74 Å². The molecule has 2 bridgehead atoms. The predicted molar refractivity (Wildman–Crippen MR) is 101 cm³/mol. The number of aryl methyl sites for hydroxylation is 1. The molecule has 0 saturated carbocycles. The van der Waals surface area contributed by atoms with Crippen molar-refractivity contribution in [1.29, 1.82) is 0 Å². The van der Waals surface area contributed by atoms with Crippen LogP contribution < -0.4 is 10.6 Å². The number of aliphatic imine (C=N–C) groups is 1. The van der Waals surface area contributed by atoms with Gasteiger partial charge in [-0.05, 0) is 33.1 Å². The third-order valence-electron chi connectivity index (χ3n) is 4.04. The van der Waals surface area contributed by atoms with Crippen LogP contribution in [-0.2, 0) is 11.2 Å². The Morgan fingerprint density at radius 3 is 2.95 bits per heavy atom. The summed E-state index contributed by atoms with van der Waals surface area (Å²) in [6, 6.07) is 0.420. The number of thiazole rings is 1. The number of fused-ring (bicyclic) bond motifs is 2. The highest BCUT2D eigenvalue weighted by Crippen LogP contribution is 2.34. The zero-order chi connectivity index (χ0) is 14.7. The molecular formula is C15H25IN4OS. The number of halogens is 1. The lowest BCUT2D eigenvalue weighted by molar-refractivity contribution is 0.0992. The van der Waals surface area contributed by atoms with Crippen molar-refractivity contribution in [2.75, 3.05) is 13.1 Å². The maximum atomic E-state index is 5.89. The van der Waals surface area contributed by atoms with Gasteiger partial charge in [0.1, 0.15) is 0 Å². The van der Waals surface area contributed by atoms with Crippen LogP contribution in [0.1, 0.15) is 36.1 Å². The Morgan fingerprint density at radius 1 is 1.50 bits per heavy atom. The second-order valence-corrected chi connectivity index (χ2v) is 7.06. The highest BCUT2D eigenvalue weighted by molar-refractivity contribution is 14.0. The lowest BCUT2D eigenvalue weighted by Gasteiger charge is -2.22. The molecule has 22 heavy (non-hydrogen) atoms. The molecule has 3 atom stereocenters. The van der Waals surface area contributed by atoms with Crippen molar-refractivity contribution in [3.05, 3.63) is 16.1 Å². The van der Waals surface area contributed by atoms with Crippen LogP contribution in [0.5, 0.6) is 0 Å². The smallest absolute Gasteiger partial charge is 0.191 e. The van der Waals surface area contributed by atoms with Gasteiger partial charge in [-0.15, -0.1) is 35.3 Å². The Hall–Kier alpha value is -0.410. The SMILES string of the molecule is CCNC(=NCCc1ncc(C)s1)NC1CC2CCC1O2.I. The quantitative estimate of drug-likeness (QED) is 0.423. The molecule has 5 nitrogen and oxygen atoms in total. The Labute approximate surface area is 153 Å². The molecule has 0 amide bonds. The second-order valence-electron chi connectivity index (χ2n) is 5.74. The van der Waals surface area contributed by atoms with E-state index < -0.39 is 0 Å². The number of nitrogens with one attached hydrogen (secondary N) is 2. The fraction of sp³-hybridized carbons (Fsp3) is 0.733. The molecule has 3 heterocycles. The molecule has 0 spiro atoms. The van der Waals surface area contributed by atoms with E-state index in [9.17, 15) is 0 Å². The number of guanidine groups is 1. The van der Waals surface area contributed by atoms with Gasteiger partial charge in [-0.1, -0.05) is 0 Å². The van der Waals surface area contributed by atoms with Gasteiger partial charge >= 0.3 is 0 Å². The number of nitrogens with zero attached hydrogens (tertiary/aromatic N) is 2. The standard InChI is InChI=1S/C15H24N4OS.HI/c1-3-16-15(17-7-6-14-18-9-10(2)21-14)19-12-8-11-4-5-13(12)20-11;/h9,11-13H,3-8H2,1-2H3,(H2,16,17,19);1H. The summed E-state index contributed by atoms with van der Waals surface area (Å²) in [5, 5.41) is 8.03. The van der Waals surface area contributed by atoms with Gasteiger partial charge in [-0.25, -0.2) is 4.98 Å². The van der Waals surface area contributed by atoms with E-state index in [0.717, 1.165) is 36.9 Å². The number of rotatable bonds is 5. The summed E-state index contributed by atoms with van der Waals surface area (Å²) in [6.45, 7) is 5.83. The summed E-state index contributed by atoms with van der Waals surface area (Å²) in [6.07, 6.45) is 7.19. The average molecular weight is 436 g/mol. The van der Waals surface area contributed by atoms with Crippen molar-refractivity contribution in [3.8, 4) is 0 Å². The van der Waals surface area contributed by atoms with Crippen LogP contribution in [0.2, 0.25) is 0 Å². The van der Waals surface area contributed by atoms with Crippen LogP contribution in [0, 0.1) is 6.92 Å². The normalized spacial score (nSPS) is 26.8. The molecule has 0 aromatic carbocycles. The fourth-order valence-corrected chi connectivity index (χ4v) is 3.84. The van der Waals surface area contributed by atoms with Gasteiger partial charge in [0, 0.05) is 30.6 Å². The van der Waals surface area contributed by atoms with E-state index in [1.54, 1.807) is 11.3 Å². The molecule has 1 aromatic heterocycles. The van der Waals surface area contributed by atoms with E-state index in [-0.39, 0.29) is 24.0 Å². The van der Waals surface area contributed by atoms with Crippen molar-refractivity contribution < 1.29 is 4.74 Å². The van der Waals surface area contributed by atoms with Crippen LogP contribution in [0.15, 0.2) is 11.2 Å². The first-order valence-corrected chi connectivity index (χ1v) is 8.68. The van der Waals surface area contributed by atoms with Gasteiger partial charge in [0.05, 0.1) is 23.3 Å². The van der Waals surface area contributed by atoms with Gasteiger partial charge in [0.25, 0.3) is 0 Å². The lowest BCUT2D eigenvalue weighted by atomic mass is 9.96. The topological polar surface area (TPSA) is 58.5 Å². The van der Waals surface area contributed by atoms with Crippen LogP contribution in [-0.4, -0.2) is 42.3 Å². The van der Waals surface area contributed by atoms with Crippen LogP contribution in [0.4, 0.5) is 0 Å². The molecule has 1 aromatic rings. The Morgan fingerprint density at radius 2 is 2.36 bits per heavy atom. The highest BCUT2D eigenvalue weighted by Gasteiger charge is 2.41. The summed E-state index contributed by atoms with van der Waals surface area (Å²) < 4.78 is 5.89. The first-order valence-electron chi connectivity index (χ1n) is 7.86. The summed E-state index contributed by atoms with van der Waals surface area (Å²) in [5.74, 6) is 0.909. The monoisotopic (exact) mass is 436 g/mol. The fourth-order valence-electron chi connectivity index (χ4n) is 3.07. The first-order chi connectivity index (χ1) is 10.2. The minimum Gasteiger partial charge on any atom is -0.373 e. The number of hydrogen-bond donors (Lipinski definition) is 2. The molecule has 2 saturated heterocycles. The predicted octanol–water partition coefficient (Wildman–Crippen LogP) is 2.49. The maximum absolute atomic E-state index is 5.89. The largest absolute Gasteiger partial charge is 0.373 e. The van der Waals surface area contributed by atoms with Gasteiger partial charge in [-0.2, -0.15) is 0 Å². The van der Waals surface area contributed by atoms with Gasteiger partial charge < -0.3 is 15.4 Å². The second kappa shape index (κ2) is 8.44. The minimum atomic E-state index is 0. The molecule has 3 unspecified atom stereocenters. The van der Waals surface area contributed by atoms with Crippen molar-refractivity contribution in [1.82, 2.24) is 15.6 Å². The summed E-state index contributed by atoms with van der Waals surface area (Å²) in [7, 11) is 0. The molecule has 0 aliphatic carbocycles. The number of hydrogen-bond acceptors (Lipinski definition) is 4. The van der Waals surface area contributed by atoms with Gasteiger partial charge in [0.2, 0.25) is 0 Å². The van der Waals surface area contributed by atoms with Crippen LogP contribution >= 0.6 is 35.3 Å². The van der Waals surface area contributed by atoms with Crippen molar-refractivity contribution in [3.63, 3.8) is 0 Å². The summed E-state index contributed by atoms with van der Waals surface area (Å²) in [4.78, 5) is 10.3. The third kappa shape index (κ3) is 4.55. The molecule has 3 rings (SSSR count). The zero-order valence-electron chi connectivity index (χ0n) is 13.2. The number of aromatic nitrogens is 1. The van der Waals surface area contributed by atoms with Crippen molar-refractivity contribution >= 4 is 41.3 Å². The van der Waals surface area contributed by atoms with E-state index in [2.05, 4.69) is 34.5 Å². The zero-order valence-corrected chi connectivity index (χ0v) is 16.3. The Kier molecular flexibility index (Phi) is 6.88. The van der Waals surface area contributed by atoms with E-state index in [1.165, 1.54) is 17.7 Å². The van der Waals surface area contributed by atoms with Gasteiger partial charge in [0.15, 0.2) is 5.96 Å². The van der Waals surface area contributed by atoms with Crippen molar-refractivity contribution in [2.24, 2.45) is 4.99 Å². The van der Waals surface area contributed by atoms with E-state index in [0.29, 0.717) is 18.2 Å². The summed E-state index contributed by atoms with van der Waals surface area (Å²) in [5.41, 5.74) is 0. The van der Waals surface area contributed by atoms with Crippen LogP contribution in [0.25, 0.3) is 0 Å². The maximum Gasteiger partial charge on any atom is 0.191 e. The molecule has 2 aliphatic rings. The molecule has 7 heteroatoms. The molecule has 2 N–H and O–H groups in total.